The van der Waals surface area contributed by atoms with Crippen LogP contribution >= 0.6 is 11.6 Å². The van der Waals surface area contributed by atoms with Gasteiger partial charge < -0.3 is 20.3 Å². The molecule has 2 N–H and O–H groups in total. The zero-order chi connectivity index (χ0) is 21.2. The summed E-state index contributed by atoms with van der Waals surface area (Å²) in [5, 5.41) is 7.49. The van der Waals surface area contributed by atoms with E-state index in [0.717, 1.165) is 44.2 Å². The zero-order valence-corrected chi connectivity index (χ0v) is 18.7. The first-order valence-electron chi connectivity index (χ1n) is 10.3. The molecule has 1 fully saturated rings. The fourth-order valence-corrected chi connectivity index (χ4v) is 3.29. The van der Waals surface area contributed by atoms with Gasteiger partial charge in [-0.2, -0.15) is 0 Å². The third kappa shape index (κ3) is 8.50. The fourth-order valence-electron chi connectivity index (χ4n) is 3.11. The Morgan fingerprint density at radius 1 is 1.38 bits per heavy atom. The molecular weight excluding hydrogens is 390 g/mol. The molecule has 1 amide bonds. The molecule has 1 aromatic carbocycles. The zero-order valence-electron chi connectivity index (χ0n) is 17.9. The van der Waals surface area contributed by atoms with Crippen molar-refractivity contribution in [3.63, 3.8) is 0 Å². The fraction of sp³-hybridized carbons (Fsp3) is 0.619. The molecule has 0 bridgehead atoms. The van der Waals surface area contributed by atoms with Crippen LogP contribution in [-0.4, -0.2) is 80.6 Å². The van der Waals surface area contributed by atoms with E-state index in [2.05, 4.69) is 27.4 Å². The number of hydrogen-bond donors (Lipinski definition) is 2. The molecule has 162 valence electrons. The lowest BCUT2D eigenvalue weighted by molar-refractivity contribution is -0.130. The lowest BCUT2D eigenvalue weighted by atomic mass is 10.1. The highest BCUT2D eigenvalue weighted by molar-refractivity contribution is 6.30. The van der Waals surface area contributed by atoms with Crippen LogP contribution in [0.2, 0.25) is 5.02 Å². The van der Waals surface area contributed by atoms with Gasteiger partial charge in [0.1, 0.15) is 11.9 Å². The van der Waals surface area contributed by atoms with Crippen molar-refractivity contribution in [3.8, 4) is 5.75 Å². The van der Waals surface area contributed by atoms with Crippen LogP contribution in [0.5, 0.6) is 5.75 Å². The molecule has 2 rings (SSSR count). The van der Waals surface area contributed by atoms with Crippen molar-refractivity contribution in [1.82, 2.24) is 20.4 Å². The minimum atomic E-state index is -0.0668. The number of likely N-dealkylation sites (N-methyl/N-ethyl adjacent to an activating group) is 1. The van der Waals surface area contributed by atoms with Crippen LogP contribution in [0.1, 0.15) is 26.7 Å². The third-order valence-corrected chi connectivity index (χ3v) is 5.01. The Morgan fingerprint density at radius 3 is 2.72 bits per heavy atom. The number of carbonyl (C=O) groups is 1. The summed E-state index contributed by atoms with van der Waals surface area (Å²) in [7, 11) is 3.60. The summed E-state index contributed by atoms with van der Waals surface area (Å²) in [5.74, 6) is 1.70. The Hall–Kier alpha value is -1.99. The molecule has 0 spiro atoms. The van der Waals surface area contributed by atoms with Crippen molar-refractivity contribution in [3.05, 3.63) is 29.3 Å². The van der Waals surface area contributed by atoms with E-state index >= 15 is 0 Å². The summed E-state index contributed by atoms with van der Waals surface area (Å²) in [6, 6.07) is 7.75. The number of aliphatic imine (C=N–C) groups is 1. The van der Waals surface area contributed by atoms with Gasteiger partial charge in [-0.25, -0.2) is 4.99 Å². The van der Waals surface area contributed by atoms with Gasteiger partial charge in [0.05, 0.1) is 13.1 Å². The predicted molar refractivity (Wildman–Crippen MR) is 119 cm³/mol. The number of benzene rings is 1. The molecule has 1 aromatic rings. The Kier molecular flexibility index (Phi) is 9.54. The molecule has 29 heavy (non-hydrogen) atoms. The smallest absolute Gasteiger partial charge is 0.236 e. The number of piperidine rings is 1. The maximum Gasteiger partial charge on any atom is 0.236 e. The van der Waals surface area contributed by atoms with Crippen LogP contribution in [0.4, 0.5) is 0 Å². The van der Waals surface area contributed by atoms with E-state index in [-0.39, 0.29) is 12.0 Å². The number of nitrogens with zero attached hydrogens (tertiary/aromatic N) is 3. The topological polar surface area (TPSA) is 69.2 Å². The molecule has 1 unspecified atom stereocenters. The van der Waals surface area contributed by atoms with Crippen LogP contribution in [0.3, 0.4) is 0 Å². The molecule has 1 heterocycles. The van der Waals surface area contributed by atoms with Crippen molar-refractivity contribution in [2.24, 2.45) is 4.99 Å². The molecule has 8 heteroatoms. The van der Waals surface area contributed by atoms with Gasteiger partial charge in [0, 0.05) is 44.8 Å². The van der Waals surface area contributed by atoms with Crippen LogP contribution in [0.15, 0.2) is 29.3 Å². The van der Waals surface area contributed by atoms with E-state index < -0.39 is 0 Å². The van der Waals surface area contributed by atoms with Gasteiger partial charge in [-0.3, -0.25) is 9.69 Å². The number of likely N-dealkylation sites (tertiary alicyclic amines) is 1. The second-order valence-corrected chi connectivity index (χ2v) is 8.02. The number of nitrogens with one attached hydrogen (secondary N) is 2. The van der Waals surface area contributed by atoms with Crippen LogP contribution in [-0.2, 0) is 4.79 Å². The Labute approximate surface area is 179 Å². The maximum absolute atomic E-state index is 11.9. The molecule has 1 saturated heterocycles. The Morgan fingerprint density at radius 2 is 2.10 bits per heavy atom. The van der Waals surface area contributed by atoms with Gasteiger partial charge in [0.25, 0.3) is 0 Å². The maximum atomic E-state index is 11.9. The second kappa shape index (κ2) is 11.9. The van der Waals surface area contributed by atoms with Crippen molar-refractivity contribution >= 4 is 23.5 Å². The summed E-state index contributed by atoms with van der Waals surface area (Å²) in [6.07, 6.45) is 1.90. The normalized spacial score (nSPS) is 16.9. The van der Waals surface area contributed by atoms with Gasteiger partial charge >= 0.3 is 0 Å². The number of guanidine groups is 1. The number of carbonyl (C=O) groups excluding carboxylic acids is 1. The van der Waals surface area contributed by atoms with Crippen molar-refractivity contribution < 1.29 is 9.53 Å². The summed E-state index contributed by atoms with van der Waals surface area (Å²) < 4.78 is 5.89. The monoisotopic (exact) mass is 423 g/mol. The molecular formula is C21H34ClN5O2. The molecule has 0 saturated carbocycles. The van der Waals surface area contributed by atoms with Crippen LogP contribution in [0, 0.1) is 0 Å². The molecule has 0 radical (unpaired) electrons. The van der Waals surface area contributed by atoms with E-state index in [1.54, 1.807) is 25.1 Å². The highest BCUT2D eigenvalue weighted by Crippen LogP contribution is 2.18. The Bertz CT molecular complexity index is 675. The molecule has 1 aliphatic heterocycles. The first-order chi connectivity index (χ1) is 13.9. The van der Waals surface area contributed by atoms with Gasteiger partial charge in [-0.1, -0.05) is 17.7 Å². The Balaban J connectivity index is 1.81. The van der Waals surface area contributed by atoms with Crippen LogP contribution in [0.25, 0.3) is 0 Å². The van der Waals surface area contributed by atoms with Crippen molar-refractivity contribution in [1.29, 1.82) is 0 Å². The molecule has 1 atom stereocenters. The van der Waals surface area contributed by atoms with E-state index in [1.807, 2.05) is 25.1 Å². The number of amides is 1. The summed E-state index contributed by atoms with van der Waals surface area (Å²) in [6.45, 7) is 7.69. The quantitative estimate of drug-likeness (QED) is 0.495. The molecule has 1 aliphatic rings. The third-order valence-electron chi connectivity index (χ3n) is 4.77. The number of halogens is 1. The lowest BCUT2D eigenvalue weighted by Gasteiger charge is -2.33. The lowest BCUT2D eigenvalue weighted by Crippen LogP contribution is -2.50. The van der Waals surface area contributed by atoms with E-state index in [1.165, 1.54) is 0 Å². The average molecular weight is 424 g/mol. The number of hydrogen-bond acceptors (Lipinski definition) is 4. The van der Waals surface area contributed by atoms with Crippen molar-refractivity contribution in [2.45, 2.75) is 38.8 Å². The van der Waals surface area contributed by atoms with Gasteiger partial charge in [-0.15, -0.1) is 0 Å². The van der Waals surface area contributed by atoms with Gasteiger partial charge in [0.15, 0.2) is 5.96 Å². The minimum absolute atomic E-state index is 0.0668. The standard InChI is InChI=1S/C21H34ClN5O2/c1-5-23-21(24-14-16(2)29-19-8-6-7-17(22)13-19)25-18-9-11-27(12-10-18)15-20(28)26(3)4/h6-8,13,16,18H,5,9-12,14-15H2,1-4H3,(H2,23,24,25). The SMILES string of the molecule is CCNC(=NCC(C)Oc1cccc(Cl)c1)NC1CCN(CC(=O)N(C)C)CC1. The summed E-state index contributed by atoms with van der Waals surface area (Å²) in [5.41, 5.74) is 0. The first kappa shape index (κ1) is 23.3. The highest BCUT2D eigenvalue weighted by atomic mass is 35.5. The van der Waals surface area contributed by atoms with Crippen LogP contribution < -0.4 is 15.4 Å². The largest absolute Gasteiger partial charge is 0.489 e. The number of ether oxygens (including phenoxy) is 1. The van der Waals surface area contributed by atoms with E-state index in [9.17, 15) is 4.79 Å². The van der Waals surface area contributed by atoms with E-state index in [4.69, 9.17) is 16.3 Å². The first-order valence-corrected chi connectivity index (χ1v) is 10.6. The number of rotatable bonds is 8. The molecule has 7 nitrogen and oxygen atoms in total. The summed E-state index contributed by atoms with van der Waals surface area (Å²) in [4.78, 5) is 20.4. The van der Waals surface area contributed by atoms with Crippen molar-refractivity contribution in [2.75, 3.05) is 46.8 Å². The summed E-state index contributed by atoms with van der Waals surface area (Å²) >= 11 is 6.01. The van der Waals surface area contributed by atoms with E-state index in [0.29, 0.717) is 24.2 Å². The molecule has 0 aliphatic carbocycles. The van der Waals surface area contributed by atoms with Gasteiger partial charge in [0.2, 0.25) is 5.91 Å². The highest BCUT2D eigenvalue weighted by Gasteiger charge is 2.22. The minimum Gasteiger partial charge on any atom is -0.489 e. The average Bonchev–Trinajstić information content (AvgIpc) is 2.67. The van der Waals surface area contributed by atoms with Gasteiger partial charge in [-0.05, 0) is 44.9 Å². The molecule has 0 aromatic heterocycles. The second-order valence-electron chi connectivity index (χ2n) is 7.59. The predicted octanol–water partition coefficient (Wildman–Crippen LogP) is 2.21.